The number of nitrogens with zero attached hydrogens (tertiary/aromatic N) is 3. The molecule has 65 heavy (non-hydrogen) atoms. The van der Waals surface area contributed by atoms with Gasteiger partial charge >= 0.3 is 20.1 Å². The molecule has 10 aromatic rings. The van der Waals surface area contributed by atoms with Crippen LogP contribution in [0.1, 0.15) is 24.1 Å². The molecule has 3 heterocycles. The molecule has 0 aliphatic heterocycles. The molecule has 4 heteroatoms. The Kier molecular flexibility index (Phi) is 13.3. The van der Waals surface area contributed by atoms with Crippen molar-refractivity contribution in [3.8, 4) is 101 Å². The smallest absolute Gasteiger partial charge is 0.304 e. The van der Waals surface area contributed by atoms with E-state index in [1.54, 1.807) is 0 Å². The van der Waals surface area contributed by atoms with Gasteiger partial charge in [-0.15, -0.1) is 106 Å². The van der Waals surface area contributed by atoms with Crippen molar-refractivity contribution in [3.05, 3.63) is 235 Å². The van der Waals surface area contributed by atoms with E-state index in [-0.39, 0.29) is 27.5 Å². The third-order valence-corrected chi connectivity index (χ3v) is 11.6. The van der Waals surface area contributed by atoms with Crippen LogP contribution < -0.4 is 0 Å². The topological polar surface area (TPSA) is 38.7 Å². The molecule has 0 atom stereocenters. The summed E-state index contributed by atoms with van der Waals surface area (Å²) < 4.78 is 0. The summed E-state index contributed by atoms with van der Waals surface area (Å²) in [5.41, 5.74) is 22.3. The summed E-state index contributed by atoms with van der Waals surface area (Å²) >= 11 is 0. The number of rotatable bonds is 9. The van der Waals surface area contributed by atoms with E-state index in [1.807, 2.05) is 36.8 Å². The molecule has 0 fully saturated rings. The molecule has 0 aliphatic carbocycles. The number of pyridine rings is 3. The molecular formula is C61H46IrN3. The molecule has 0 radical (unpaired) electrons. The molecule has 3 aromatic heterocycles. The average molecular weight is 1010 g/mol. The largest absolute Gasteiger partial charge is 3.00 e. The third-order valence-electron chi connectivity index (χ3n) is 11.6. The number of aromatic nitrogens is 3. The SMILES string of the molecule is C.Cc1c[c-]c(-c2ccc(-c3ccccc3-c3cc(-c4ccccc4-c4ccc(-c5[c-]cc(C)cc5)nc4)cc(-c4ccccc4-c4ccc(-c5[c-]cc(C)cc5)nc4)c3)cn2)cc1.[Ir+3]. The van der Waals surface area contributed by atoms with Gasteiger partial charge < -0.3 is 15.0 Å². The summed E-state index contributed by atoms with van der Waals surface area (Å²) in [6.07, 6.45) is 5.94. The van der Waals surface area contributed by atoms with Gasteiger partial charge in [-0.3, -0.25) is 0 Å². The Bertz CT molecular complexity index is 2830. The molecule has 0 saturated heterocycles. The summed E-state index contributed by atoms with van der Waals surface area (Å²) in [5.74, 6) is 0. The van der Waals surface area contributed by atoms with Crippen LogP contribution in [-0.4, -0.2) is 15.0 Å². The van der Waals surface area contributed by atoms with Crippen LogP contribution in [0.15, 0.2) is 201 Å². The minimum absolute atomic E-state index is 0. The number of benzene rings is 7. The Balaban J connectivity index is 0.00000288. The summed E-state index contributed by atoms with van der Waals surface area (Å²) in [7, 11) is 0. The van der Waals surface area contributed by atoms with Gasteiger partial charge in [0.05, 0.1) is 0 Å². The maximum Gasteiger partial charge on any atom is 3.00 e. The van der Waals surface area contributed by atoms with Crippen molar-refractivity contribution in [2.24, 2.45) is 0 Å². The molecule has 0 saturated carbocycles. The molecule has 7 aromatic carbocycles. The summed E-state index contributed by atoms with van der Waals surface area (Å²) in [6, 6.07) is 74.3. The van der Waals surface area contributed by atoms with E-state index in [1.165, 1.54) is 16.7 Å². The van der Waals surface area contributed by atoms with Gasteiger partial charge in [-0.2, -0.15) is 0 Å². The van der Waals surface area contributed by atoms with E-state index in [0.717, 1.165) is 101 Å². The number of hydrogen-bond donors (Lipinski definition) is 0. The van der Waals surface area contributed by atoms with Crippen LogP contribution in [0.25, 0.3) is 101 Å². The van der Waals surface area contributed by atoms with Gasteiger partial charge in [0.2, 0.25) is 0 Å². The molecule has 10 rings (SSSR count). The zero-order chi connectivity index (χ0) is 42.7. The van der Waals surface area contributed by atoms with E-state index < -0.39 is 0 Å². The fourth-order valence-corrected chi connectivity index (χ4v) is 8.18. The minimum atomic E-state index is 0. The van der Waals surface area contributed by atoms with Crippen molar-refractivity contribution in [1.29, 1.82) is 0 Å². The maximum atomic E-state index is 4.92. The minimum Gasteiger partial charge on any atom is -0.304 e. The van der Waals surface area contributed by atoms with Crippen molar-refractivity contribution < 1.29 is 20.1 Å². The molecule has 314 valence electrons. The van der Waals surface area contributed by atoms with Crippen LogP contribution in [0, 0.1) is 39.0 Å². The van der Waals surface area contributed by atoms with Crippen molar-refractivity contribution in [3.63, 3.8) is 0 Å². The first-order chi connectivity index (χ1) is 30.9. The Morgan fingerprint density at radius 3 is 0.785 bits per heavy atom. The molecule has 3 nitrogen and oxygen atoms in total. The maximum absolute atomic E-state index is 4.92. The van der Waals surface area contributed by atoms with Crippen molar-refractivity contribution in [2.45, 2.75) is 28.2 Å². The monoisotopic (exact) mass is 1010 g/mol. The van der Waals surface area contributed by atoms with Crippen molar-refractivity contribution in [1.82, 2.24) is 15.0 Å². The zero-order valence-electron chi connectivity index (χ0n) is 35.7. The van der Waals surface area contributed by atoms with Crippen LogP contribution in [0.5, 0.6) is 0 Å². The Morgan fingerprint density at radius 2 is 0.569 bits per heavy atom. The van der Waals surface area contributed by atoms with Gasteiger partial charge in [0.15, 0.2) is 0 Å². The van der Waals surface area contributed by atoms with E-state index in [9.17, 15) is 0 Å². The normalized spacial score (nSPS) is 10.8. The van der Waals surface area contributed by atoms with E-state index in [4.69, 9.17) is 15.0 Å². The van der Waals surface area contributed by atoms with Crippen LogP contribution in [0.2, 0.25) is 0 Å². The van der Waals surface area contributed by atoms with Crippen molar-refractivity contribution in [2.75, 3.05) is 0 Å². The second kappa shape index (κ2) is 19.6. The van der Waals surface area contributed by atoms with Gasteiger partial charge in [0.1, 0.15) is 0 Å². The fraction of sp³-hybridized carbons (Fsp3) is 0.0656. The summed E-state index contributed by atoms with van der Waals surface area (Å²) in [4.78, 5) is 14.8. The Hall–Kier alpha value is -7.36. The van der Waals surface area contributed by atoms with Gasteiger partial charge in [0, 0.05) is 18.6 Å². The first-order valence-corrected chi connectivity index (χ1v) is 21.2. The first-order valence-electron chi connectivity index (χ1n) is 21.2. The van der Waals surface area contributed by atoms with Gasteiger partial charge in [0.25, 0.3) is 0 Å². The summed E-state index contributed by atoms with van der Waals surface area (Å²) in [6.45, 7) is 6.22. The molecule has 0 aliphatic rings. The third kappa shape index (κ3) is 9.47. The molecule has 0 unspecified atom stereocenters. The molecule has 0 spiro atoms. The second-order valence-corrected chi connectivity index (χ2v) is 16.1. The molecule has 0 amide bonds. The predicted molar refractivity (Wildman–Crippen MR) is 266 cm³/mol. The van der Waals surface area contributed by atoms with Crippen LogP contribution in [0.4, 0.5) is 0 Å². The fourth-order valence-electron chi connectivity index (χ4n) is 8.18. The van der Waals surface area contributed by atoms with Crippen molar-refractivity contribution >= 4 is 0 Å². The molecule has 0 N–H and O–H groups in total. The quantitative estimate of drug-likeness (QED) is 0.135. The van der Waals surface area contributed by atoms with E-state index in [2.05, 4.69) is 203 Å². The van der Waals surface area contributed by atoms with Crippen LogP contribution in [-0.2, 0) is 20.1 Å². The molecular weight excluding hydrogens is 967 g/mol. The van der Waals surface area contributed by atoms with Crippen LogP contribution in [0.3, 0.4) is 0 Å². The van der Waals surface area contributed by atoms with Gasteiger partial charge in [-0.1, -0.05) is 137 Å². The van der Waals surface area contributed by atoms with Crippen LogP contribution >= 0.6 is 0 Å². The number of hydrogen-bond acceptors (Lipinski definition) is 3. The Labute approximate surface area is 397 Å². The van der Waals surface area contributed by atoms with Gasteiger partial charge in [-0.25, -0.2) is 0 Å². The van der Waals surface area contributed by atoms with E-state index in [0.29, 0.717) is 0 Å². The van der Waals surface area contributed by atoms with Gasteiger partial charge in [-0.05, 0) is 102 Å². The zero-order valence-corrected chi connectivity index (χ0v) is 38.1. The number of aryl methyl sites for hydroxylation is 3. The average Bonchev–Trinajstić information content (AvgIpc) is 3.35. The summed E-state index contributed by atoms with van der Waals surface area (Å²) in [5, 5.41) is 0. The second-order valence-electron chi connectivity index (χ2n) is 16.1. The first kappa shape index (κ1) is 44.3. The Morgan fingerprint density at radius 1 is 0.308 bits per heavy atom. The predicted octanol–water partition coefficient (Wildman–Crippen LogP) is 15.8. The standard InChI is InChI=1S/C60H42N3.CH4.Ir/c1-40-16-22-43(23-17-40)58-31-28-46(37-61-58)52-10-4-7-13-55(52)49-34-50(56-14-8-5-11-53(56)47-29-32-59(62-38-47)44-24-18-41(2)19-25-44)36-51(35-49)57-15-9-6-12-54(57)48-30-33-60(63-39-48)45-26-20-42(3)21-27-45;;/h4-22,24,26,28-39H,1-3H3;1H4;/q-3;;+3. The van der Waals surface area contributed by atoms with E-state index >= 15 is 0 Å². The molecule has 0 bridgehead atoms.